The zero-order chi connectivity index (χ0) is 12.0. The van der Waals surface area contributed by atoms with Crippen molar-refractivity contribution in [1.82, 2.24) is 9.88 Å². The average molecular weight is 222 g/mol. The number of hydrogen-bond acceptors (Lipinski definition) is 4. The minimum absolute atomic E-state index is 0.0782. The second-order valence-electron chi connectivity index (χ2n) is 3.65. The first kappa shape index (κ1) is 12.4. The highest BCUT2D eigenvalue weighted by atomic mass is 16.2. The molecule has 0 spiro atoms. The molecule has 16 heavy (non-hydrogen) atoms. The lowest BCUT2D eigenvalue weighted by Crippen LogP contribution is -2.28. The molecule has 0 aromatic carbocycles. The first-order valence-electron chi connectivity index (χ1n) is 5.37. The zero-order valence-electron chi connectivity index (χ0n) is 9.73. The van der Waals surface area contributed by atoms with Crippen molar-refractivity contribution < 1.29 is 4.79 Å². The lowest BCUT2D eigenvalue weighted by Gasteiger charge is -2.16. The van der Waals surface area contributed by atoms with Gasteiger partial charge in [0.25, 0.3) is 5.91 Å². The summed E-state index contributed by atoms with van der Waals surface area (Å²) in [5.41, 5.74) is 3.59. The Hall–Kier alpha value is -1.62. The van der Waals surface area contributed by atoms with E-state index in [9.17, 15) is 4.79 Å². The Bertz CT molecular complexity index is 354. The van der Waals surface area contributed by atoms with Gasteiger partial charge < -0.3 is 10.3 Å². The largest absolute Gasteiger partial charge is 0.340 e. The summed E-state index contributed by atoms with van der Waals surface area (Å²) in [7, 11) is 1.78. The Morgan fingerprint density at radius 1 is 1.62 bits per heavy atom. The summed E-state index contributed by atoms with van der Waals surface area (Å²) in [6, 6.07) is 3.35. The Kier molecular flexibility index (Phi) is 4.72. The van der Waals surface area contributed by atoms with Crippen molar-refractivity contribution in [1.29, 1.82) is 0 Å². The molecule has 1 rings (SSSR count). The number of hydrazine groups is 1. The summed E-state index contributed by atoms with van der Waals surface area (Å²) in [4.78, 5) is 17.6. The van der Waals surface area contributed by atoms with E-state index in [0.717, 1.165) is 19.4 Å². The smallest absolute Gasteiger partial charge is 0.272 e. The van der Waals surface area contributed by atoms with Gasteiger partial charge in [-0.05, 0) is 18.6 Å². The van der Waals surface area contributed by atoms with Crippen LogP contribution in [0.1, 0.15) is 30.3 Å². The second-order valence-corrected chi connectivity index (χ2v) is 3.65. The van der Waals surface area contributed by atoms with Crippen molar-refractivity contribution in [2.24, 2.45) is 5.84 Å². The minimum Gasteiger partial charge on any atom is -0.340 e. The van der Waals surface area contributed by atoms with Crippen LogP contribution in [0, 0.1) is 0 Å². The molecule has 5 nitrogen and oxygen atoms in total. The van der Waals surface area contributed by atoms with Crippen molar-refractivity contribution in [3.8, 4) is 0 Å². The highest BCUT2D eigenvalue weighted by Gasteiger charge is 2.12. The van der Waals surface area contributed by atoms with Gasteiger partial charge in [0.2, 0.25) is 0 Å². The number of carbonyl (C=O) groups is 1. The molecule has 1 aromatic heterocycles. The highest BCUT2D eigenvalue weighted by molar-refractivity contribution is 5.92. The Labute approximate surface area is 95.6 Å². The van der Waals surface area contributed by atoms with Gasteiger partial charge in [-0.15, -0.1) is 0 Å². The Balaban J connectivity index is 2.71. The van der Waals surface area contributed by atoms with Crippen molar-refractivity contribution in [2.45, 2.75) is 19.8 Å². The van der Waals surface area contributed by atoms with Crippen LogP contribution in [0.2, 0.25) is 0 Å². The summed E-state index contributed by atoms with van der Waals surface area (Å²) in [6.07, 6.45) is 3.63. The fourth-order valence-corrected chi connectivity index (χ4v) is 1.33. The molecule has 0 saturated carbocycles. The molecule has 0 bridgehead atoms. The number of amides is 1. The van der Waals surface area contributed by atoms with Crippen molar-refractivity contribution in [3.63, 3.8) is 0 Å². The normalized spacial score (nSPS) is 9.94. The molecule has 1 aromatic rings. The van der Waals surface area contributed by atoms with Gasteiger partial charge in [-0.3, -0.25) is 15.6 Å². The molecule has 1 heterocycles. The van der Waals surface area contributed by atoms with Crippen LogP contribution >= 0.6 is 0 Å². The van der Waals surface area contributed by atoms with Crippen molar-refractivity contribution >= 4 is 11.6 Å². The fourth-order valence-electron chi connectivity index (χ4n) is 1.33. The van der Waals surface area contributed by atoms with Crippen LogP contribution in [0.15, 0.2) is 18.3 Å². The number of nitrogens with two attached hydrogens (primary N) is 1. The number of hydrogen-bond donors (Lipinski definition) is 2. The van der Waals surface area contributed by atoms with Gasteiger partial charge in [-0.1, -0.05) is 13.3 Å². The van der Waals surface area contributed by atoms with Gasteiger partial charge in [0.05, 0.1) is 5.69 Å². The molecule has 0 radical (unpaired) electrons. The number of nitrogen functional groups attached to an aromatic ring is 1. The van der Waals surface area contributed by atoms with E-state index in [1.54, 1.807) is 30.3 Å². The van der Waals surface area contributed by atoms with Gasteiger partial charge in [-0.25, -0.2) is 0 Å². The van der Waals surface area contributed by atoms with E-state index in [0.29, 0.717) is 11.4 Å². The number of aromatic nitrogens is 1. The number of unbranched alkanes of at least 4 members (excludes halogenated alkanes) is 1. The predicted molar refractivity (Wildman–Crippen MR) is 63.9 cm³/mol. The van der Waals surface area contributed by atoms with Crippen LogP contribution in [0.25, 0.3) is 0 Å². The number of anilines is 1. The maximum Gasteiger partial charge on any atom is 0.272 e. The second kappa shape index (κ2) is 6.07. The molecule has 0 saturated heterocycles. The Morgan fingerprint density at radius 3 is 3.00 bits per heavy atom. The molecule has 88 valence electrons. The molecule has 0 unspecified atom stereocenters. The lowest BCUT2D eigenvalue weighted by molar-refractivity contribution is 0.0787. The average Bonchev–Trinajstić information content (AvgIpc) is 2.35. The monoisotopic (exact) mass is 222 g/mol. The van der Waals surface area contributed by atoms with E-state index in [1.807, 2.05) is 0 Å². The summed E-state index contributed by atoms with van der Waals surface area (Å²) in [6.45, 7) is 2.84. The molecule has 0 aliphatic carbocycles. The lowest BCUT2D eigenvalue weighted by atomic mass is 10.2. The third-order valence-corrected chi connectivity index (χ3v) is 2.34. The highest BCUT2D eigenvalue weighted by Crippen LogP contribution is 2.08. The van der Waals surface area contributed by atoms with E-state index in [2.05, 4.69) is 17.3 Å². The first-order valence-corrected chi connectivity index (χ1v) is 5.37. The van der Waals surface area contributed by atoms with E-state index < -0.39 is 0 Å². The van der Waals surface area contributed by atoms with Gasteiger partial charge >= 0.3 is 0 Å². The van der Waals surface area contributed by atoms with E-state index >= 15 is 0 Å². The number of carbonyl (C=O) groups excluding carboxylic acids is 1. The van der Waals surface area contributed by atoms with Gasteiger partial charge in [-0.2, -0.15) is 0 Å². The van der Waals surface area contributed by atoms with Crippen LogP contribution in [0.3, 0.4) is 0 Å². The van der Waals surface area contributed by atoms with E-state index in [1.165, 1.54) is 0 Å². The van der Waals surface area contributed by atoms with E-state index in [-0.39, 0.29) is 5.91 Å². The van der Waals surface area contributed by atoms with Crippen LogP contribution < -0.4 is 11.3 Å². The number of nitrogens with zero attached hydrogens (tertiary/aromatic N) is 2. The predicted octanol–water partition coefficient (Wildman–Crippen LogP) is 1.24. The van der Waals surface area contributed by atoms with Crippen molar-refractivity contribution in [2.75, 3.05) is 19.0 Å². The SMILES string of the molecule is CCCCN(C)C(=O)c1cc(NN)ccn1. The van der Waals surface area contributed by atoms with Crippen LogP contribution in [0.4, 0.5) is 5.69 Å². The maximum atomic E-state index is 11.9. The minimum atomic E-state index is -0.0782. The van der Waals surface area contributed by atoms with Gasteiger partial charge in [0, 0.05) is 19.8 Å². The van der Waals surface area contributed by atoms with Crippen LogP contribution in [-0.2, 0) is 0 Å². The number of nitrogens with one attached hydrogen (secondary N) is 1. The fraction of sp³-hybridized carbons (Fsp3) is 0.455. The quantitative estimate of drug-likeness (QED) is 0.581. The summed E-state index contributed by atoms with van der Waals surface area (Å²) >= 11 is 0. The molecule has 0 atom stereocenters. The molecule has 0 aliphatic rings. The molecular formula is C11H18N4O. The third kappa shape index (κ3) is 3.20. The van der Waals surface area contributed by atoms with Crippen LogP contribution in [-0.4, -0.2) is 29.4 Å². The summed E-state index contributed by atoms with van der Waals surface area (Å²) in [5, 5.41) is 0. The third-order valence-electron chi connectivity index (χ3n) is 2.34. The molecule has 1 amide bonds. The van der Waals surface area contributed by atoms with Gasteiger partial charge in [0.1, 0.15) is 5.69 Å². The number of pyridine rings is 1. The van der Waals surface area contributed by atoms with E-state index in [4.69, 9.17) is 5.84 Å². The maximum absolute atomic E-state index is 11.9. The topological polar surface area (TPSA) is 71.2 Å². The summed E-state index contributed by atoms with van der Waals surface area (Å²) < 4.78 is 0. The Morgan fingerprint density at radius 2 is 2.38 bits per heavy atom. The molecule has 0 aliphatic heterocycles. The molecule has 5 heteroatoms. The van der Waals surface area contributed by atoms with Gasteiger partial charge in [0.15, 0.2) is 0 Å². The molecule has 0 fully saturated rings. The number of rotatable bonds is 5. The standard InChI is InChI=1S/C11H18N4O/c1-3-4-7-15(2)11(16)10-8-9(14-12)5-6-13-10/h5-6,8H,3-4,7,12H2,1-2H3,(H,13,14). The first-order chi connectivity index (χ1) is 7.69. The summed E-state index contributed by atoms with van der Waals surface area (Å²) in [5.74, 6) is 5.19. The zero-order valence-corrected chi connectivity index (χ0v) is 9.73. The molecular weight excluding hydrogens is 204 g/mol. The molecule has 3 N–H and O–H groups in total. The van der Waals surface area contributed by atoms with Crippen molar-refractivity contribution in [3.05, 3.63) is 24.0 Å². The van der Waals surface area contributed by atoms with Crippen LogP contribution in [0.5, 0.6) is 0 Å².